The van der Waals surface area contributed by atoms with Crippen LogP contribution in [-0.2, 0) is 5.41 Å². The first-order valence-electron chi connectivity index (χ1n) is 31.8. The molecule has 430 valence electrons. The van der Waals surface area contributed by atoms with Gasteiger partial charge in [-0.15, -0.1) is 0 Å². The predicted molar refractivity (Wildman–Crippen MR) is 377 cm³/mol. The van der Waals surface area contributed by atoms with E-state index in [4.69, 9.17) is 21.3 Å². The lowest BCUT2D eigenvalue weighted by molar-refractivity contribution is 0.433. The van der Waals surface area contributed by atoms with Crippen molar-refractivity contribution in [3.05, 3.63) is 353 Å². The molecule has 1 aliphatic heterocycles. The van der Waals surface area contributed by atoms with E-state index in [2.05, 4.69) is 306 Å². The van der Waals surface area contributed by atoms with Crippen LogP contribution in [0.5, 0.6) is 11.5 Å². The molecule has 1 unspecified atom stereocenters. The van der Waals surface area contributed by atoms with Crippen molar-refractivity contribution >= 4 is 77.3 Å². The third-order valence-electron chi connectivity index (χ3n) is 20.7. The molecule has 4 aliphatic rings. The molecule has 0 saturated carbocycles. The topological polar surface area (TPSA) is 49.3 Å². The van der Waals surface area contributed by atoms with Crippen LogP contribution in [0, 0.1) is 0 Å². The van der Waals surface area contributed by atoms with Gasteiger partial charge in [0.2, 0.25) is 0 Å². The van der Waals surface area contributed by atoms with Crippen molar-refractivity contribution < 1.29 is 4.74 Å². The molecule has 16 aromatic rings. The highest BCUT2D eigenvalue weighted by Gasteiger charge is 2.53. The Morgan fingerprint density at radius 1 is 0.413 bits per heavy atom. The maximum Gasteiger partial charge on any atom is 0.134 e. The number of aromatic nitrogens is 4. The van der Waals surface area contributed by atoms with Crippen LogP contribution in [0.3, 0.4) is 0 Å². The Labute approximate surface area is 530 Å². The maximum atomic E-state index is 7.67. The van der Waals surface area contributed by atoms with Gasteiger partial charge in [0.15, 0.2) is 0 Å². The highest BCUT2D eigenvalue weighted by Crippen LogP contribution is 2.63. The molecular weight excluding hydrogens is 1120 g/mol. The average molecular weight is 1170 g/mol. The van der Waals surface area contributed by atoms with Crippen molar-refractivity contribution in [1.82, 2.24) is 18.7 Å². The first-order valence-corrected chi connectivity index (χ1v) is 31.8. The fourth-order valence-electron chi connectivity index (χ4n) is 16.9. The fraction of sp³-hybridized carbons (Fsp3) is 0.0465. The third kappa shape index (κ3) is 6.87. The van der Waals surface area contributed by atoms with E-state index in [-0.39, 0.29) is 11.8 Å². The Morgan fingerprint density at radius 2 is 0.793 bits per heavy atom. The Morgan fingerprint density at radius 3 is 1.27 bits per heavy atom. The van der Waals surface area contributed by atoms with Crippen molar-refractivity contribution in [3.63, 3.8) is 0 Å². The smallest absolute Gasteiger partial charge is 0.134 e. The van der Waals surface area contributed by atoms with E-state index in [0.29, 0.717) is 0 Å². The van der Waals surface area contributed by atoms with Gasteiger partial charge in [-0.3, -0.25) is 9.98 Å². The maximum absolute atomic E-state index is 7.67. The van der Waals surface area contributed by atoms with E-state index in [0.717, 1.165) is 95.4 Å². The second-order valence-corrected chi connectivity index (χ2v) is 25.2. The van der Waals surface area contributed by atoms with Crippen LogP contribution in [0.15, 0.2) is 308 Å². The molecule has 0 bridgehead atoms. The molecule has 0 radical (unpaired) electrons. The first kappa shape index (κ1) is 51.1. The van der Waals surface area contributed by atoms with Gasteiger partial charge in [-0.25, -0.2) is 0 Å². The number of hydrogen-bond acceptors (Lipinski definition) is 3. The second-order valence-electron chi connectivity index (χ2n) is 25.2. The van der Waals surface area contributed by atoms with Gasteiger partial charge in [-0.05, 0) is 140 Å². The monoisotopic (exact) mass is 1170 g/mol. The summed E-state index contributed by atoms with van der Waals surface area (Å²) in [6, 6.07) is 102. The predicted octanol–water partition coefficient (Wildman–Crippen LogP) is 21.2. The SMILES string of the molecule is C=C(C=NC1=C(C)C2(c3ccc(-n4c5ccccc5c5ccccc54)cc3Oc3cc(-n4c5ccccc5c5cc(-n6c7ccccc7c7ccccc76)ccc54)ccc32)c2cc(C3c4ccccc4-c4ccccc43)cnc21)C1c2ccccc2-c2ccccc21. The molecule has 20 rings (SSSR count). The number of hydrogen-bond donors (Lipinski definition) is 0. The summed E-state index contributed by atoms with van der Waals surface area (Å²) >= 11 is 0. The molecule has 3 aliphatic carbocycles. The quantitative estimate of drug-likeness (QED) is 0.149. The number of rotatable bonds is 7. The summed E-state index contributed by atoms with van der Waals surface area (Å²) in [5.41, 5.74) is 27.0. The van der Waals surface area contributed by atoms with Crippen LogP contribution in [-0.4, -0.2) is 24.9 Å². The van der Waals surface area contributed by atoms with E-state index in [1.807, 2.05) is 6.21 Å². The number of benzene rings is 12. The summed E-state index contributed by atoms with van der Waals surface area (Å²) in [4.78, 5) is 11.4. The molecule has 0 amide bonds. The molecular formula is C86H55N5O. The van der Waals surface area contributed by atoms with Gasteiger partial charge in [0, 0.05) is 96.9 Å². The Kier molecular flexibility index (Phi) is 10.6. The minimum absolute atomic E-state index is 0.0444. The minimum Gasteiger partial charge on any atom is -0.457 e. The number of fused-ring (bicyclic) bond motifs is 21. The number of allylic oxidation sites excluding steroid dienone is 2. The molecule has 12 aromatic carbocycles. The summed E-state index contributed by atoms with van der Waals surface area (Å²) in [7, 11) is 0. The van der Waals surface area contributed by atoms with E-state index in [1.165, 1.54) is 87.9 Å². The van der Waals surface area contributed by atoms with Crippen LogP contribution >= 0.6 is 0 Å². The van der Waals surface area contributed by atoms with E-state index in [1.54, 1.807) is 0 Å². The molecule has 1 atom stereocenters. The van der Waals surface area contributed by atoms with Gasteiger partial charge in [-0.2, -0.15) is 0 Å². The fourth-order valence-corrected chi connectivity index (χ4v) is 16.9. The largest absolute Gasteiger partial charge is 0.457 e. The van der Waals surface area contributed by atoms with Crippen LogP contribution in [0.4, 0.5) is 0 Å². The summed E-state index contributed by atoms with van der Waals surface area (Å²) in [6.07, 6.45) is 4.14. The molecule has 1 spiro atoms. The number of aliphatic imine (C=N–C) groups is 1. The molecule has 92 heavy (non-hydrogen) atoms. The Balaban J connectivity index is 0.830. The first-order chi connectivity index (χ1) is 45.5. The van der Waals surface area contributed by atoms with Gasteiger partial charge >= 0.3 is 0 Å². The van der Waals surface area contributed by atoms with Crippen LogP contribution < -0.4 is 4.74 Å². The van der Waals surface area contributed by atoms with Gasteiger partial charge in [0.05, 0.1) is 49.9 Å². The number of pyridine rings is 1. The zero-order chi connectivity index (χ0) is 60.5. The number of nitrogens with zero attached hydrogens (tertiary/aromatic N) is 5. The lowest BCUT2D eigenvalue weighted by Crippen LogP contribution is -2.33. The lowest BCUT2D eigenvalue weighted by atomic mass is 9.65. The van der Waals surface area contributed by atoms with Crippen molar-refractivity contribution in [1.29, 1.82) is 0 Å². The molecule has 6 nitrogen and oxygen atoms in total. The zero-order valence-corrected chi connectivity index (χ0v) is 50.2. The standard InChI is InChI=1S/C86H55N5O/c1-51(82-66-30-7-3-21-57(66)58-22-4-8-31-67(58)82)49-87-84-52(2)86(73-45-53(50-88-85(73)84)83-68-32-9-5-23-59(68)60-24-6-10-33-69(60)83)71-42-39-55(90-76-36-18-13-27-63(76)64-28-14-19-37-77(64)90)47-80(71)92-81-48-56(40-43-72(81)86)91-78-38-20-15-29-65(78)70-46-54(41-44-79(70)91)89-74-34-16-11-25-61(74)62-26-12-17-35-75(62)89/h3-50,82-83H,1H2,2H3. The van der Waals surface area contributed by atoms with Crippen molar-refractivity contribution in [2.45, 2.75) is 24.2 Å². The Bertz CT molecular complexity index is 5810. The van der Waals surface area contributed by atoms with Crippen molar-refractivity contribution in [2.24, 2.45) is 4.99 Å². The lowest BCUT2D eigenvalue weighted by Gasteiger charge is -2.40. The van der Waals surface area contributed by atoms with Crippen molar-refractivity contribution in [2.75, 3.05) is 0 Å². The van der Waals surface area contributed by atoms with E-state index >= 15 is 0 Å². The van der Waals surface area contributed by atoms with Crippen LogP contribution in [0.25, 0.3) is 110 Å². The van der Waals surface area contributed by atoms with Gasteiger partial charge in [-0.1, -0.05) is 207 Å². The molecule has 6 heteroatoms. The molecule has 0 fully saturated rings. The number of para-hydroxylation sites is 5. The second kappa shape index (κ2) is 19.1. The average Bonchev–Trinajstić information content (AvgIpc) is 1.43. The Hall–Kier alpha value is -11.9. The number of ether oxygens (including phenoxy) is 1. The summed E-state index contributed by atoms with van der Waals surface area (Å²) in [5, 5.41) is 7.22. The third-order valence-corrected chi connectivity index (χ3v) is 20.7. The highest BCUT2D eigenvalue weighted by molar-refractivity contribution is 6.13. The van der Waals surface area contributed by atoms with Crippen molar-refractivity contribution in [3.8, 4) is 50.8 Å². The zero-order valence-electron chi connectivity index (χ0n) is 50.2. The molecule has 5 heterocycles. The summed E-state index contributed by atoms with van der Waals surface area (Å²) in [6.45, 7) is 7.12. The molecule has 0 N–H and O–H groups in total. The van der Waals surface area contributed by atoms with Crippen LogP contribution in [0.2, 0.25) is 0 Å². The van der Waals surface area contributed by atoms with Gasteiger partial charge in [0.25, 0.3) is 0 Å². The molecule has 0 saturated heterocycles. The minimum atomic E-state index is -0.921. The van der Waals surface area contributed by atoms with E-state index < -0.39 is 5.41 Å². The van der Waals surface area contributed by atoms with E-state index in [9.17, 15) is 0 Å². The summed E-state index contributed by atoms with van der Waals surface area (Å²) in [5.74, 6) is 1.44. The van der Waals surface area contributed by atoms with Gasteiger partial charge < -0.3 is 18.4 Å². The normalized spacial score (nSPS) is 15.4. The van der Waals surface area contributed by atoms with Gasteiger partial charge in [0.1, 0.15) is 11.5 Å². The molecule has 4 aromatic heterocycles. The highest BCUT2D eigenvalue weighted by atomic mass is 16.5. The summed E-state index contributed by atoms with van der Waals surface area (Å²) < 4.78 is 14.9. The van der Waals surface area contributed by atoms with Crippen LogP contribution in [0.1, 0.15) is 69.0 Å².